The Labute approximate surface area is 149 Å². The summed E-state index contributed by atoms with van der Waals surface area (Å²) in [6, 6.07) is 4.32. The lowest BCUT2D eigenvalue weighted by Gasteiger charge is -2.35. The summed E-state index contributed by atoms with van der Waals surface area (Å²) in [6.45, 7) is 6.44. The van der Waals surface area contributed by atoms with Gasteiger partial charge in [-0.15, -0.1) is 0 Å². The van der Waals surface area contributed by atoms with Gasteiger partial charge >= 0.3 is 0 Å². The zero-order valence-electron chi connectivity index (χ0n) is 14.9. The minimum atomic E-state index is -0.0169. The highest BCUT2D eigenvalue weighted by molar-refractivity contribution is 5.56. The molecule has 1 N–H and O–H groups in total. The molecule has 1 aromatic heterocycles. The quantitative estimate of drug-likeness (QED) is 0.918. The summed E-state index contributed by atoms with van der Waals surface area (Å²) < 4.78 is 5.44. The zero-order chi connectivity index (χ0) is 17.2. The van der Waals surface area contributed by atoms with Crippen molar-refractivity contribution in [3.05, 3.63) is 46.8 Å². The van der Waals surface area contributed by atoms with Gasteiger partial charge in [0.05, 0.1) is 13.2 Å². The van der Waals surface area contributed by atoms with Crippen LogP contribution < -0.4 is 15.4 Å². The second kappa shape index (κ2) is 7.08. The van der Waals surface area contributed by atoms with Gasteiger partial charge in [-0.3, -0.25) is 4.79 Å². The third kappa shape index (κ3) is 3.38. The number of aromatic nitrogens is 1. The van der Waals surface area contributed by atoms with E-state index in [1.54, 1.807) is 6.07 Å². The first-order valence-corrected chi connectivity index (χ1v) is 9.41. The molecule has 25 heavy (non-hydrogen) atoms. The minimum absolute atomic E-state index is 0.0169. The number of rotatable bonds is 3. The fraction of sp³-hybridized carbons (Fsp3) is 0.550. The van der Waals surface area contributed by atoms with Crippen molar-refractivity contribution in [2.45, 2.75) is 25.8 Å². The van der Waals surface area contributed by atoms with Crippen molar-refractivity contribution >= 4 is 11.5 Å². The molecule has 134 valence electrons. The van der Waals surface area contributed by atoms with Crippen LogP contribution in [0.4, 0.5) is 11.5 Å². The molecule has 0 bridgehead atoms. The summed E-state index contributed by atoms with van der Waals surface area (Å²) >= 11 is 0. The van der Waals surface area contributed by atoms with Crippen LogP contribution in [0.2, 0.25) is 0 Å². The third-order valence-electron chi connectivity index (χ3n) is 5.71. The fourth-order valence-electron chi connectivity index (χ4n) is 4.38. The van der Waals surface area contributed by atoms with Crippen molar-refractivity contribution in [1.29, 1.82) is 0 Å². The molecule has 0 aromatic carbocycles. The molecule has 4 rings (SSSR count). The summed E-state index contributed by atoms with van der Waals surface area (Å²) in [5.74, 6) is 2.00. The molecule has 2 fully saturated rings. The van der Waals surface area contributed by atoms with Crippen molar-refractivity contribution in [2.24, 2.45) is 11.8 Å². The van der Waals surface area contributed by atoms with Crippen molar-refractivity contribution < 1.29 is 4.74 Å². The molecule has 1 aromatic rings. The van der Waals surface area contributed by atoms with Crippen LogP contribution >= 0.6 is 0 Å². The average molecular weight is 341 g/mol. The fourth-order valence-corrected chi connectivity index (χ4v) is 4.38. The molecule has 0 spiro atoms. The smallest absolute Gasteiger partial charge is 0.251 e. The first-order valence-electron chi connectivity index (χ1n) is 9.41. The molecule has 2 unspecified atom stereocenters. The molecular formula is C20H27N3O2. The van der Waals surface area contributed by atoms with E-state index in [4.69, 9.17) is 4.74 Å². The van der Waals surface area contributed by atoms with Gasteiger partial charge in [-0.25, -0.2) is 0 Å². The average Bonchev–Trinajstić information content (AvgIpc) is 3.12. The molecule has 2 aliphatic heterocycles. The Morgan fingerprint density at radius 1 is 1.12 bits per heavy atom. The first kappa shape index (κ1) is 16.5. The van der Waals surface area contributed by atoms with Crippen LogP contribution in [-0.4, -0.2) is 43.9 Å². The molecule has 2 saturated heterocycles. The highest BCUT2D eigenvalue weighted by Crippen LogP contribution is 2.35. The highest BCUT2D eigenvalue weighted by atomic mass is 16.5. The standard InChI is InChI=1S/C20H27N3O2/c1-15-5-2-3-6-17(15)18-7-4-8-23(18)19-13-16(14-20(24)21-19)22-9-11-25-12-10-22/h2-3,5-6,13-15,17-18H,4,7-12H2,1H3,(H,21,24)/t15?,17?,18-/m0/s1. The Morgan fingerprint density at radius 2 is 1.92 bits per heavy atom. The van der Waals surface area contributed by atoms with Crippen LogP contribution in [0.1, 0.15) is 19.8 Å². The number of nitrogens with one attached hydrogen (secondary N) is 1. The van der Waals surface area contributed by atoms with Gasteiger partial charge in [0.15, 0.2) is 0 Å². The molecule has 3 aliphatic rings. The monoisotopic (exact) mass is 341 g/mol. The number of hydrogen-bond acceptors (Lipinski definition) is 4. The van der Waals surface area contributed by atoms with Gasteiger partial charge in [0.25, 0.3) is 5.56 Å². The summed E-state index contributed by atoms with van der Waals surface area (Å²) in [4.78, 5) is 20.0. The van der Waals surface area contributed by atoms with E-state index < -0.39 is 0 Å². The minimum Gasteiger partial charge on any atom is -0.378 e. The molecule has 3 atom stereocenters. The van der Waals surface area contributed by atoms with Crippen LogP contribution in [0, 0.1) is 11.8 Å². The second-order valence-electron chi connectivity index (χ2n) is 7.30. The molecule has 0 radical (unpaired) electrons. The predicted molar refractivity (Wildman–Crippen MR) is 101 cm³/mol. The molecule has 5 nitrogen and oxygen atoms in total. The molecule has 1 aliphatic carbocycles. The predicted octanol–water partition coefficient (Wildman–Crippen LogP) is 2.56. The Morgan fingerprint density at radius 3 is 2.72 bits per heavy atom. The topological polar surface area (TPSA) is 48.6 Å². The highest BCUT2D eigenvalue weighted by Gasteiger charge is 2.34. The van der Waals surface area contributed by atoms with E-state index >= 15 is 0 Å². The van der Waals surface area contributed by atoms with Gasteiger partial charge in [0, 0.05) is 49.4 Å². The number of allylic oxidation sites excluding steroid dienone is 3. The van der Waals surface area contributed by atoms with Crippen LogP contribution in [0.25, 0.3) is 0 Å². The maximum atomic E-state index is 12.3. The Bertz CT molecular complexity index is 718. The number of morpholine rings is 1. The number of nitrogens with zero attached hydrogens (tertiary/aromatic N) is 2. The van der Waals surface area contributed by atoms with Crippen LogP contribution in [0.3, 0.4) is 0 Å². The molecular weight excluding hydrogens is 314 g/mol. The lowest BCUT2D eigenvalue weighted by Crippen LogP contribution is -2.40. The van der Waals surface area contributed by atoms with Crippen molar-refractivity contribution in [3.8, 4) is 0 Å². The van der Waals surface area contributed by atoms with E-state index in [0.29, 0.717) is 17.9 Å². The van der Waals surface area contributed by atoms with E-state index in [-0.39, 0.29) is 5.56 Å². The molecule has 0 saturated carbocycles. The van der Waals surface area contributed by atoms with Crippen LogP contribution in [0.15, 0.2) is 41.2 Å². The van der Waals surface area contributed by atoms with Gasteiger partial charge < -0.3 is 19.5 Å². The summed E-state index contributed by atoms with van der Waals surface area (Å²) in [7, 11) is 0. The lowest BCUT2D eigenvalue weighted by molar-refractivity contribution is 0.122. The van der Waals surface area contributed by atoms with E-state index in [1.807, 2.05) is 0 Å². The zero-order valence-corrected chi connectivity index (χ0v) is 14.9. The summed E-state index contributed by atoms with van der Waals surface area (Å²) in [5, 5.41) is 0. The number of hydrogen-bond donors (Lipinski definition) is 1. The lowest BCUT2D eigenvalue weighted by atomic mass is 9.83. The summed E-state index contributed by atoms with van der Waals surface area (Å²) in [6.07, 6.45) is 11.3. The van der Waals surface area contributed by atoms with Crippen molar-refractivity contribution in [3.63, 3.8) is 0 Å². The Kier molecular flexibility index (Phi) is 4.66. The SMILES string of the molecule is CC1C=CC=CC1[C@@H]1CCCN1c1cc(N2CCOCC2)cc(=O)[nH]1. The molecule has 5 heteroatoms. The largest absolute Gasteiger partial charge is 0.378 e. The molecule has 3 heterocycles. The third-order valence-corrected chi connectivity index (χ3v) is 5.71. The second-order valence-corrected chi connectivity index (χ2v) is 7.30. The van der Waals surface area contributed by atoms with Gasteiger partial charge in [-0.2, -0.15) is 0 Å². The number of H-pyrrole nitrogens is 1. The van der Waals surface area contributed by atoms with Crippen molar-refractivity contribution in [1.82, 2.24) is 4.98 Å². The van der Waals surface area contributed by atoms with E-state index in [2.05, 4.69) is 52.1 Å². The van der Waals surface area contributed by atoms with E-state index in [1.165, 1.54) is 12.8 Å². The summed E-state index contributed by atoms with van der Waals surface area (Å²) in [5.41, 5.74) is 0.997. The number of anilines is 2. The Balaban J connectivity index is 1.61. The molecule has 0 amide bonds. The van der Waals surface area contributed by atoms with Gasteiger partial charge in [-0.1, -0.05) is 31.2 Å². The maximum absolute atomic E-state index is 12.3. The maximum Gasteiger partial charge on any atom is 0.251 e. The van der Waals surface area contributed by atoms with Gasteiger partial charge in [0.1, 0.15) is 5.82 Å². The van der Waals surface area contributed by atoms with Crippen LogP contribution in [-0.2, 0) is 4.74 Å². The number of pyridine rings is 1. The van der Waals surface area contributed by atoms with E-state index in [0.717, 1.165) is 44.4 Å². The van der Waals surface area contributed by atoms with Crippen molar-refractivity contribution in [2.75, 3.05) is 42.6 Å². The van der Waals surface area contributed by atoms with Gasteiger partial charge in [0.2, 0.25) is 0 Å². The number of ether oxygens (including phenoxy) is 1. The van der Waals surface area contributed by atoms with Crippen LogP contribution in [0.5, 0.6) is 0 Å². The normalized spacial score (nSPS) is 29.4. The first-order chi connectivity index (χ1) is 12.2. The number of aromatic amines is 1. The van der Waals surface area contributed by atoms with E-state index in [9.17, 15) is 4.79 Å². The van der Waals surface area contributed by atoms with Gasteiger partial charge in [-0.05, 0) is 18.8 Å². The Hall–Kier alpha value is -2.01.